The summed E-state index contributed by atoms with van der Waals surface area (Å²) in [6.07, 6.45) is 4.40. The maximum atomic E-state index is 12.3. The van der Waals surface area contributed by atoms with Crippen molar-refractivity contribution in [2.45, 2.75) is 25.7 Å². The smallest absolute Gasteiger partial charge is 0.225 e. The quantitative estimate of drug-likeness (QED) is 0.801. The molecule has 1 aromatic rings. The summed E-state index contributed by atoms with van der Waals surface area (Å²) < 4.78 is 10.6. The number of amides is 1. The van der Waals surface area contributed by atoms with Gasteiger partial charge in [-0.3, -0.25) is 9.69 Å². The van der Waals surface area contributed by atoms with Crippen LogP contribution in [0.1, 0.15) is 24.8 Å². The van der Waals surface area contributed by atoms with Crippen LogP contribution < -0.4 is 9.47 Å². The number of benzene rings is 1. The Balaban J connectivity index is 1.45. The zero-order valence-corrected chi connectivity index (χ0v) is 14.8. The van der Waals surface area contributed by atoms with E-state index in [-0.39, 0.29) is 0 Å². The number of carbonyl (C=O) groups is 1. The first-order valence-corrected chi connectivity index (χ1v) is 8.93. The lowest BCUT2D eigenvalue weighted by atomic mass is 9.84. The third-order valence-electron chi connectivity index (χ3n) is 5.30. The molecule has 1 heterocycles. The van der Waals surface area contributed by atoms with E-state index in [1.165, 1.54) is 12.0 Å². The summed E-state index contributed by atoms with van der Waals surface area (Å²) in [6, 6.07) is 6.11. The van der Waals surface area contributed by atoms with Crippen LogP contribution >= 0.6 is 0 Å². The molecule has 5 nitrogen and oxygen atoms in total. The number of hydrogen-bond donors (Lipinski definition) is 0. The molecule has 0 aromatic heterocycles. The van der Waals surface area contributed by atoms with E-state index in [0.717, 1.165) is 63.5 Å². The molecule has 1 aliphatic heterocycles. The minimum atomic E-state index is 0.323. The third-order valence-corrected chi connectivity index (χ3v) is 5.30. The molecule has 1 aliphatic carbocycles. The van der Waals surface area contributed by atoms with E-state index in [0.29, 0.717) is 11.8 Å². The normalized spacial score (nSPS) is 19.0. The highest BCUT2D eigenvalue weighted by atomic mass is 16.5. The van der Waals surface area contributed by atoms with E-state index in [1.807, 2.05) is 6.07 Å². The van der Waals surface area contributed by atoms with Crippen molar-refractivity contribution < 1.29 is 14.3 Å². The number of rotatable bonds is 6. The minimum absolute atomic E-state index is 0.323. The first-order valence-electron chi connectivity index (χ1n) is 8.93. The van der Waals surface area contributed by atoms with Crippen molar-refractivity contribution in [3.05, 3.63) is 23.8 Å². The maximum Gasteiger partial charge on any atom is 0.225 e. The molecule has 0 spiro atoms. The zero-order valence-electron chi connectivity index (χ0n) is 14.8. The summed E-state index contributed by atoms with van der Waals surface area (Å²) in [6.45, 7) is 4.72. The molecule has 24 heavy (non-hydrogen) atoms. The average Bonchev–Trinajstić information content (AvgIpc) is 2.58. The monoisotopic (exact) mass is 332 g/mol. The second kappa shape index (κ2) is 7.88. The third kappa shape index (κ3) is 3.83. The summed E-state index contributed by atoms with van der Waals surface area (Å²) >= 11 is 0. The lowest BCUT2D eigenvalue weighted by molar-refractivity contribution is -0.139. The highest BCUT2D eigenvalue weighted by Gasteiger charge is 2.30. The molecular weight excluding hydrogens is 304 g/mol. The van der Waals surface area contributed by atoms with E-state index in [1.54, 1.807) is 14.2 Å². The van der Waals surface area contributed by atoms with Gasteiger partial charge in [0.25, 0.3) is 0 Å². The topological polar surface area (TPSA) is 42.0 Å². The Morgan fingerprint density at radius 2 is 1.79 bits per heavy atom. The number of nitrogens with zero attached hydrogens (tertiary/aromatic N) is 2. The Bertz CT molecular complexity index is 564. The van der Waals surface area contributed by atoms with Crippen molar-refractivity contribution in [3.8, 4) is 11.5 Å². The predicted molar refractivity (Wildman–Crippen MR) is 93.6 cm³/mol. The Kier molecular flexibility index (Phi) is 5.61. The molecule has 1 aromatic carbocycles. The van der Waals surface area contributed by atoms with Gasteiger partial charge >= 0.3 is 0 Å². The molecular formula is C19H28N2O3. The van der Waals surface area contributed by atoms with E-state index < -0.39 is 0 Å². The van der Waals surface area contributed by atoms with Crippen LogP contribution in [-0.4, -0.2) is 62.7 Å². The maximum absolute atomic E-state index is 12.3. The Morgan fingerprint density at radius 1 is 1.08 bits per heavy atom. The van der Waals surface area contributed by atoms with Gasteiger partial charge in [-0.05, 0) is 37.0 Å². The lowest BCUT2D eigenvalue weighted by Crippen LogP contribution is -2.51. The highest BCUT2D eigenvalue weighted by Crippen LogP contribution is 2.29. The molecule has 0 radical (unpaired) electrons. The molecule has 132 valence electrons. The predicted octanol–water partition coefficient (Wildman–Crippen LogP) is 2.19. The van der Waals surface area contributed by atoms with E-state index in [4.69, 9.17) is 9.47 Å². The Hall–Kier alpha value is -1.75. The van der Waals surface area contributed by atoms with Crippen molar-refractivity contribution in [2.24, 2.45) is 5.92 Å². The van der Waals surface area contributed by atoms with E-state index in [2.05, 4.69) is 21.9 Å². The average molecular weight is 332 g/mol. The van der Waals surface area contributed by atoms with Gasteiger partial charge in [0.15, 0.2) is 11.5 Å². The molecule has 0 atom stereocenters. The second-order valence-corrected chi connectivity index (χ2v) is 6.73. The van der Waals surface area contributed by atoms with Gasteiger partial charge in [-0.25, -0.2) is 0 Å². The van der Waals surface area contributed by atoms with Crippen molar-refractivity contribution >= 4 is 5.91 Å². The van der Waals surface area contributed by atoms with Crippen LogP contribution in [0.4, 0.5) is 0 Å². The van der Waals surface area contributed by atoms with Crippen molar-refractivity contribution in [1.82, 2.24) is 9.80 Å². The first kappa shape index (κ1) is 17.1. The SMILES string of the molecule is COc1ccc(CCN2CCN(C(=O)C3CCC3)CC2)cc1OC. The first-order chi connectivity index (χ1) is 11.7. The fraction of sp³-hybridized carbons (Fsp3) is 0.632. The van der Waals surface area contributed by atoms with Gasteiger partial charge in [0.2, 0.25) is 5.91 Å². The van der Waals surface area contributed by atoms with Gasteiger partial charge in [-0.15, -0.1) is 0 Å². The molecule has 1 saturated heterocycles. The number of ether oxygens (including phenoxy) is 2. The molecule has 5 heteroatoms. The van der Waals surface area contributed by atoms with Crippen LogP contribution in [0.5, 0.6) is 11.5 Å². The number of carbonyl (C=O) groups excluding carboxylic acids is 1. The van der Waals surface area contributed by atoms with Crippen molar-refractivity contribution in [1.29, 1.82) is 0 Å². The highest BCUT2D eigenvalue weighted by molar-refractivity contribution is 5.79. The van der Waals surface area contributed by atoms with E-state index >= 15 is 0 Å². The molecule has 1 amide bonds. The lowest BCUT2D eigenvalue weighted by Gasteiger charge is -2.38. The van der Waals surface area contributed by atoms with Gasteiger partial charge < -0.3 is 14.4 Å². The Morgan fingerprint density at radius 3 is 2.38 bits per heavy atom. The molecule has 0 N–H and O–H groups in total. The van der Waals surface area contributed by atoms with Crippen LogP contribution in [0, 0.1) is 5.92 Å². The van der Waals surface area contributed by atoms with Crippen LogP contribution in [0.2, 0.25) is 0 Å². The summed E-state index contributed by atoms with van der Waals surface area (Å²) in [5, 5.41) is 0. The van der Waals surface area contributed by atoms with E-state index in [9.17, 15) is 4.79 Å². The second-order valence-electron chi connectivity index (χ2n) is 6.73. The van der Waals surface area contributed by atoms with Crippen molar-refractivity contribution in [3.63, 3.8) is 0 Å². The molecule has 0 bridgehead atoms. The molecule has 3 rings (SSSR count). The summed E-state index contributed by atoms with van der Waals surface area (Å²) in [5.41, 5.74) is 1.25. The van der Waals surface area contributed by atoms with Crippen LogP contribution in [-0.2, 0) is 11.2 Å². The number of methoxy groups -OCH3 is 2. The standard InChI is InChI=1S/C19H28N2O3/c1-23-17-7-6-15(14-18(17)24-2)8-9-20-10-12-21(13-11-20)19(22)16-4-3-5-16/h6-7,14,16H,3-5,8-13H2,1-2H3. The number of hydrogen-bond acceptors (Lipinski definition) is 4. The van der Waals surface area contributed by atoms with Crippen LogP contribution in [0.15, 0.2) is 18.2 Å². The van der Waals surface area contributed by atoms with Gasteiger partial charge in [-0.2, -0.15) is 0 Å². The summed E-state index contributed by atoms with van der Waals surface area (Å²) in [7, 11) is 3.32. The van der Waals surface area contributed by atoms with Gasteiger partial charge in [0, 0.05) is 38.6 Å². The van der Waals surface area contributed by atoms with Gasteiger partial charge in [0.1, 0.15) is 0 Å². The molecule has 0 unspecified atom stereocenters. The molecule has 1 saturated carbocycles. The Labute approximate surface area is 144 Å². The van der Waals surface area contributed by atoms with Crippen molar-refractivity contribution in [2.75, 3.05) is 46.9 Å². The fourth-order valence-corrected chi connectivity index (χ4v) is 3.43. The van der Waals surface area contributed by atoms with Gasteiger partial charge in [-0.1, -0.05) is 12.5 Å². The van der Waals surface area contributed by atoms with Gasteiger partial charge in [0.05, 0.1) is 14.2 Å². The summed E-state index contributed by atoms with van der Waals surface area (Å²) in [4.78, 5) is 16.8. The minimum Gasteiger partial charge on any atom is -0.493 e. The zero-order chi connectivity index (χ0) is 16.9. The largest absolute Gasteiger partial charge is 0.493 e. The molecule has 2 fully saturated rings. The van der Waals surface area contributed by atoms with Crippen LogP contribution in [0.25, 0.3) is 0 Å². The van der Waals surface area contributed by atoms with Crippen LogP contribution in [0.3, 0.4) is 0 Å². The fourth-order valence-electron chi connectivity index (χ4n) is 3.43. The molecule has 2 aliphatic rings. The summed E-state index contributed by atoms with van der Waals surface area (Å²) in [5.74, 6) is 2.26. The number of piperazine rings is 1.